The third-order valence-electron chi connectivity index (χ3n) is 1.58. The molecule has 0 aliphatic carbocycles. The van der Waals surface area contributed by atoms with Crippen LogP contribution in [0.1, 0.15) is 27.7 Å². The van der Waals surface area contributed by atoms with Gasteiger partial charge in [0.15, 0.2) is 0 Å². The lowest BCUT2D eigenvalue weighted by Crippen LogP contribution is -2.48. The highest BCUT2D eigenvalue weighted by molar-refractivity contribution is 6.64. The number of nitrogens with two attached hydrogens (primary N) is 2. The van der Waals surface area contributed by atoms with Crippen LogP contribution in [0, 0.1) is 0 Å². The van der Waals surface area contributed by atoms with Crippen LogP contribution in [0.15, 0.2) is 0 Å². The van der Waals surface area contributed by atoms with Gasteiger partial charge in [-0.25, -0.2) is 0 Å². The number of hydrogen-bond donors (Lipinski definition) is 2. The first-order chi connectivity index (χ1) is 6.41. The van der Waals surface area contributed by atoms with E-state index in [0.29, 0.717) is 13.2 Å². The molecule has 15 heavy (non-hydrogen) atoms. The van der Waals surface area contributed by atoms with Crippen LogP contribution < -0.4 is 11.5 Å². The molecule has 0 aliphatic heterocycles. The molecule has 0 aromatic heterocycles. The lowest BCUT2D eigenvalue weighted by molar-refractivity contribution is 0.131. The van der Waals surface area contributed by atoms with Crippen LogP contribution in [0.3, 0.4) is 0 Å². The fourth-order valence-electron chi connectivity index (χ4n) is 0.761. The summed E-state index contributed by atoms with van der Waals surface area (Å²) < 4.78 is 11.5. The average molecular weight is 234 g/mol. The van der Waals surface area contributed by atoms with E-state index in [1.807, 2.05) is 40.8 Å². The van der Waals surface area contributed by atoms with E-state index in [4.69, 9.17) is 20.3 Å². The molecule has 0 aromatic rings. The minimum absolute atomic E-state index is 0.314. The molecule has 0 radical (unpaired) electrons. The van der Waals surface area contributed by atoms with E-state index < -0.39 is 8.56 Å². The molecule has 0 aromatic carbocycles. The summed E-state index contributed by atoms with van der Waals surface area (Å²) in [5.74, 6) is 0. The molecular formula is C10H26N2O2Si. The SMILES string of the molecule is CC(C)(N)CO[Si](C)(C)OCC(C)(C)N. The van der Waals surface area contributed by atoms with Crippen LogP contribution in [-0.4, -0.2) is 32.9 Å². The maximum atomic E-state index is 5.84. The molecule has 0 amide bonds. The van der Waals surface area contributed by atoms with Crippen molar-refractivity contribution < 1.29 is 8.85 Å². The lowest BCUT2D eigenvalue weighted by atomic mass is 10.1. The average Bonchev–Trinajstić information content (AvgIpc) is 1.96. The van der Waals surface area contributed by atoms with Crippen LogP contribution in [0.5, 0.6) is 0 Å². The van der Waals surface area contributed by atoms with Gasteiger partial charge in [0.1, 0.15) is 0 Å². The minimum Gasteiger partial charge on any atom is -0.393 e. The smallest absolute Gasteiger partial charge is 0.331 e. The zero-order valence-corrected chi connectivity index (χ0v) is 11.9. The lowest BCUT2D eigenvalue weighted by Gasteiger charge is -2.30. The van der Waals surface area contributed by atoms with Crippen LogP contribution in [0.25, 0.3) is 0 Å². The summed E-state index contributed by atoms with van der Waals surface area (Å²) in [6.07, 6.45) is 0. The van der Waals surface area contributed by atoms with Crippen LogP contribution in [-0.2, 0) is 8.85 Å². The quantitative estimate of drug-likeness (QED) is 0.677. The second-order valence-corrected chi connectivity index (χ2v) is 9.33. The third-order valence-corrected chi connectivity index (χ3v) is 3.26. The molecule has 0 unspecified atom stereocenters. The van der Waals surface area contributed by atoms with Crippen molar-refractivity contribution in [2.75, 3.05) is 13.2 Å². The van der Waals surface area contributed by atoms with E-state index in [1.54, 1.807) is 0 Å². The van der Waals surface area contributed by atoms with Crippen LogP contribution >= 0.6 is 0 Å². The van der Waals surface area contributed by atoms with Crippen molar-refractivity contribution in [2.45, 2.75) is 51.9 Å². The van der Waals surface area contributed by atoms with E-state index in [0.717, 1.165) is 0 Å². The maximum absolute atomic E-state index is 5.84. The third kappa shape index (κ3) is 10.3. The molecule has 0 aliphatic rings. The Morgan fingerprint density at radius 1 is 0.867 bits per heavy atom. The maximum Gasteiger partial charge on any atom is 0.331 e. The topological polar surface area (TPSA) is 70.5 Å². The molecule has 0 spiro atoms. The Labute approximate surface area is 94.6 Å². The number of hydrogen-bond acceptors (Lipinski definition) is 4. The van der Waals surface area contributed by atoms with Crippen molar-refractivity contribution in [1.29, 1.82) is 0 Å². The molecule has 92 valence electrons. The van der Waals surface area contributed by atoms with E-state index >= 15 is 0 Å². The van der Waals surface area contributed by atoms with Crippen LogP contribution in [0.4, 0.5) is 0 Å². The van der Waals surface area contributed by atoms with E-state index in [-0.39, 0.29) is 11.1 Å². The van der Waals surface area contributed by atoms with Gasteiger partial charge < -0.3 is 20.3 Å². The van der Waals surface area contributed by atoms with Crippen molar-refractivity contribution in [3.8, 4) is 0 Å². The highest BCUT2D eigenvalue weighted by Crippen LogP contribution is 2.12. The van der Waals surface area contributed by atoms with Crippen molar-refractivity contribution in [3.63, 3.8) is 0 Å². The standard InChI is InChI=1S/C10H26N2O2Si/c1-9(2,11)7-13-15(5,6)14-8-10(3,4)12/h7-8,11-12H2,1-6H3. The molecule has 0 saturated heterocycles. The highest BCUT2D eigenvalue weighted by atomic mass is 28.4. The highest BCUT2D eigenvalue weighted by Gasteiger charge is 2.29. The van der Waals surface area contributed by atoms with Crippen molar-refractivity contribution >= 4 is 8.56 Å². The van der Waals surface area contributed by atoms with Gasteiger partial charge in [0.05, 0.1) is 13.2 Å². The molecule has 0 fully saturated rings. The second-order valence-electron chi connectivity index (χ2n) is 5.95. The Bertz CT molecular complexity index is 175. The minimum atomic E-state index is -2.08. The van der Waals surface area contributed by atoms with Gasteiger partial charge in [0.2, 0.25) is 0 Å². The summed E-state index contributed by atoms with van der Waals surface area (Å²) in [7, 11) is -2.08. The Morgan fingerprint density at radius 2 is 1.13 bits per heavy atom. The van der Waals surface area contributed by atoms with Crippen LogP contribution in [0.2, 0.25) is 13.1 Å². The molecule has 4 nitrogen and oxygen atoms in total. The fraction of sp³-hybridized carbons (Fsp3) is 1.00. The summed E-state index contributed by atoms with van der Waals surface area (Å²) in [4.78, 5) is 0. The molecule has 0 bridgehead atoms. The summed E-state index contributed by atoms with van der Waals surface area (Å²) in [6.45, 7) is 12.8. The summed E-state index contributed by atoms with van der Waals surface area (Å²) in [5, 5.41) is 0. The number of rotatable bonds is 6. The van der Waals surface area contributed by atoms with Gasteiger partial charge in [0.25, 0.3) is 0 Å². The molecule has 0 saturated carbocycles. The molecule has 0 atom stereocenters. The Morgan fingerprint density at radius 3 is 1.33 bits per heavy atom. The second kappa shape index (κ2) is 4.93. The summed E-state index contributed by atoms with van der Waals surface area (Å²) >= 11 is 0. The van der Waals surface area contributed by atoms with E-state index in [2.05, 4.69) is 0 Å². The first-order valence-corrected chi connectivity index (χ1v) is 8.09. The Kier molecular flexibility index (Phi) is 4.94. The van der Waals surface area contributed by atoms with Crippen molar-refractivity contribution in [1.82, 2.24) is 0 Å². The largest absolute Gasteiger partial charge is 0.393 e. The Hall–Kier alpha value is 0.0569. The molecule has 0 heterocycles. The molecular weight excluding hydrogens is 208 g/mol. The monoisotopic (exact) mass is 234 g/mol. The van der Waals surface area contributed by atoms with Gasteiger partial charge in [-0.3, -0.25) is 0 Å². The predicted molar refractivity (Wildman–Crippen MR) is 65.9 cm³/mol. The first-order valence-electron chi connectivity index (χ1n) is 5.27. The van der Waals surface area contributed by atoms with E-state index in [9.17, 15) is 0 Å². The van der Waals surface area contributed by atoms with Gasteiger partial charge in [0, 0.05) is 11.1 Å². The van der Waals surface area contributed by atoms with Crippen molar-refractivity contribution in [3.05, 3.63) is 0 Å². The summed E-state index contributed by atoms with van der Waals surface area (Å²) in [5.41, 5.74) is 11.1. The normalized spacial score (nSPS) is 14.4. The van der Waals surface area contributed by atoms with Gasteiger partial charge in [-0.15, -0.1) is 0 Å². The molecule has 0 rings (SSSR count). The van der Waals surface area contributed by atoms with Gasteiger partial charge in [-0.1, -0.05) is 0 Å². The first kappa shape index (κ1) is 15.1. The predicted octanol–water partition coefficient (Wildman–Crippen LogP) is 1.20. The van der Waals surface area contributed by atoms with Crippen molar-refractivity contribution in [2.24, 2.45) is 11.5 Å². The molecule has 4 N–H and O–H groups in total. The van der Waals surface area contributed by atoms with E-state index in [1.165, 1.54) is 0 Å². The van der Waals surface area contributed by atoms with Gasteiger partial charge >= 0.3 is 8.56 Å². The zero-order valence-electron chi connectivity index (χ0n) is 10.9. The van der Waals surface area contributed by atoms with Gasteiger partial charge in [-0.05, 0) is 40.8 Å². The summed E-state index contributed by atoms with van der Waals surface area (Å²) in [6, 6.07) is 0. The molecule has 5 heteroatoms. The Balaban J connectivity index is 3.98. The van der Waals surface area contributed by atoms with Gasteiger partial charge in [-0.2, -0.15) is 0 Å². The fourth-order valence-corrected chi connectivity index (χ4v) is 2.28. The zero-order chi connectivity index (χ0) is 12.3.